The van der Waals surface area contributed by atoms with Crippen molar-refractivity contribution in [3.05, 3.63) is 41.0 Å². The van der Waals surface area contributed by atoms with Crippen molar-refractivity contribution in [3.8, 4) is 5.75 Å². The number of benzene rings is 1. The van der Waals surface area contributed by atoms with E-state index in [1.54, 1.807) is 20.8 Å². The number of ketones is 1. The molecule has 1 aliphatic heterocycles. The van der Waals surface area contributed by atoms with Gasteiger partial charge in [0, 0.05) is 25.2 Å². The Morgan fingerprint density at radius 1 is 1.09 bits per heavy atom. The third-order valence-corrected chi connectivity index (χ3v) is 10.4. The topological polar surface area (TPSA) is 195 Å². The summed E-state index contributed by atoms with van der Waals surface area (Å²) in [6.07, 6.45) is -9.06. The van der Waals surface area contributed by atoms with Crippen molar-refractivity contribution in [1.82, 2.24) is 0 Å². The number of Topliss-reactive ketones (excluding diaryl/α,β-unsaturated/α-hetero) is 1. The molecule has 1 heterocycles. The number of hydrogen-bond acceptors (Lipinski definition) is 13. The smallest absolute Gasteiger partial charge is 0.508 e. The van der Waals surface area contributed by atoms with Gasteiger partial charge in [-0.3, -0.25) is 9.59 Å². The molecule has 9 atom stereocenters. The second-order valence-electron chi connectivity index (χ2n) is 12.9. The molecule has 4 aliphatic rings. The fraction of sp³-hybridized carbons (Fsp3) is 0.613. The Kier molecular flexibility index (Phi) is 7.64. The number of esters is 2. The highest BCUT2D eigenvalue weighted by atomic mass is 16.8. The van der Waals surface area contributed by atoms with Gasteiger partial charge in [-0.05, 0) is 43.2 Å². The summed E-state index contributed by atoms with van der Waals surface area (Å²) in [5.41, 5.74) is -7.23. The zero-order chi connectivity index (χ0) is 32.6. The lowest BCUT2D eigenvalue weighted by molar-refractivity contribution is -0.344. The van der Waals surface area contributed by atoms with Crippen molar-refractivity contribution in [2.45, 2.75) is 89.2 Å². The molecule has 13 heteroatoms. The predicted molar refractivity (Wildman–Crippen MR) is 148 cm³/mol. The number of rotatable bonds is 4. The first-order chi connectivity index (χ1) is 20.5. The summed E-state index contributed by atoms with van der Waals surface area (Å²) in [7, 11) is 1.08. The minimum atomic E-state index is -2.22. The first-order valence-electron chi connectivity index (χ1n) is 14.4. The van der Waals surface area contributed by atoms with Gasteiger partial charge in [-0.2, -0.15) is 0 Å². The Morgan fingerprint density at radius 3 is 2.34 bits per heavy atom. The molecule has 2 bridgehead atoms. The molecular formula is C31H38O13. The van der Waals surface area contributed by atoms with E-state index in [9.17, 15) is 39.6 Å². The molecule has 4 N–H and O–H groups in total. The van der Waals surface area contributed by atoms with E-state index in [4.69, 9.17) is 23.7 Å². The van der Waals surface area contributed by atoms with Crippen LogP contribution in [0, 0.1) is 16.7 Å². The van der Waals surface area contributed by atoms with Crippen LogP contribution < -0.4 is 0 Å². The summed E-state index contributed by atoms with van der Waals surface area (Å²) in [5, 5.41) is 45.9. The first kappa shape index (κ1) is 31.9. The molecule has 0 spiro atoms. The van der Waals surface area contributed by atoms with Crippen LogP contribution in [-0.2, 0) is 33.3 Å². The van der Waals surface area contributed by atoms with E-state index < -0.39 is 88.8 Å². The van der Waals surface area contributed by atoms with Gasteiger partial charge >= 0.3 is 18.1 Å². The van der Waals surface area contributed by atoms with Crippen LogP contribution in [0.25, 0.3) is 0 Å². The molecule has 240 valence electrons. The fourth-order valence-corrected chi connectivity index (χ4v) is 7.89. The van der Waals surface area contributed by atoms with Crippen LogP contribution in [0.5, 0.6) is 5.75 Å². The van der Waals surface area contributed by atoms with Gasteiger partial charge in [0.15, 0.2) is 17.5 Å². The number of phenols is 1. The molecule has 2 saturated carbocycles. The van der Waals surface area contributed by atoms with Crippen LogP contribution in [0.2, 0.25) is 0 Å². The van der Waals surface area contributed by atoms with Crippen molar-refractivity contribution in [3.63, 3.8) is 0 Å². The molecule has 1 saturated heterocycles. The lowest BCUT2D eigenvalue weighted by Crippen LogP contribution is -2.82. The van der Waals surface area contributed by atoms with Crippen molar-refractivity contribution < 1.29 is 63.3 Å². The average molecular weight is 619 g/mol. The molecule has 5 rings (SSSR count). The summed E-state index contributed by atoms with van der Waals surface area (Å²) < 4.78 is 28.1. The maximum atomic E-state index is 14.8. The highest BCUT2D eigenvalue weighted by Crippen LogP contribution is 2.64. The maximum absolute atomic E-state index is 14.8. The van der Waals surface area contributed by atoms with Gasteiger partial charge in [0.05, 0.1) is 42.8 Å². The van der Waals surface area contributed by atoms with Gasteiger partial charge in [-0.25, -0.2) is 9.59 Å². The second-order valence-corrected chi connectivity index (χ2v) is 12.9. The van der Waals surface area contributed by atoms with Crippen molar-refractivity contribution in [2.75, 3.05) is 13.7 Å². The third-order valence-electron chi connectivity index (χ3n) is 10.4. The maximum Gasteiger partial charge on any atom is 0.508 e. The molecule has 0 amide bonds. The molecule has 1 aromatic rings. The fourth-order valence-electron chi connectivity index (χ4n) is 7.89. The molecule has 3 fully saturated rings. The van der Waals surface area contributed by atoms with E-state index in [0.717, 1.165) is 20.1 Å². The molecule has 44 heavy (non-hydrogen) atoms. The lowest BCUT2D eigenvalue weighted by atomic mass is 9.44. The number of aliphatic hydroxyl groups excluding tert-OH is 2. The normalized spacial score (nSPS) is 39.0. The van der Waals surface area contributed by atoms with E-state index >= 15 is 0 Å². The van der Waals surface area contributed by atoms with E-state index in [2.05, 4.69) is 0 Å². The quantitative estimate of drug-likeness (QED) is 0.216. The molecule has 0 radical (unpaired) electrons. The Labute approximate surface area is 253 Å². The Morgan fingerprint density at radius 2 is 1.77 bits per heavy atom. The monoisotopic (exact) mass is 618 g/mol. The standard InChI is InChI=1S/C31H38O13/c1-14-18(34)12-31(39)25(43-26(37)16-8-7-9-17(33)10-16)23-29(5,24(36)22(42-15(2)32)21(14)28(31,3)4)19(35)11-20-30(23,13-41-20)44-27(38)40-6/h7-10,18-20,22-23,25,33-35,39H,11-13H2,1-6H3/t18-,19?,20+,22+,23?,25-,29+,30-,31+/m0/s1. The van der Waals surface area contributed by atoms with E-state index in [1.807, 2.05) is 0 Å². The Balaban J connectivity index is 1.84. The van der Waals surface area contributed by atoms with Gasteiger partial charge in [-0.15, -0.1) is 0 Å². The number of aliphatic hydroxyl groups is 3. The average Bonchev–Trinajstić information content (AvgIpc) is 2.94. The van der Waals surface area contributed by atoms with Gasteiger partial charge < -0.3 is 44.1 Å². The van der Waals surface area contributed by atoms with Crippen LogP contribution in [0.1, 0.15) is 57.8 Å². The highest BCUT2D eigenvalue weighted by molar-refractivity contribution is 5.95. The zero-order valence-electron chi connectivity index (χ0n) is 25.4. The number of aromatic hydroxyl groups is 1. The van der Waals surface area contributed by atoms with Crippen LogP contribution >= 0.6 is 0 Å². The molecule has 13 nitrogen and oxygen atoms in total. The van der Waals surface area contributed by atoms with Gasteiger partial charge in [0.2, 0.25) is 0 Å². The van der Waals surface area contributed by atoms with Crippen LogP contribution in [0.15, 0.2) is 35.4 Å². The third kappa shape index (κ3) is 4.35. The van der Waals surface area contributed by atoms with Crippen LogP contribution in [-0.4, -0.2) is 99.7 Å². The van der Waals surface area contributed by atoms with Gasteiger partial charge in [0.1, 0.15) is 23.6 Å². The molecule has 2 unspecified atom stereocenters. The summed E-state index contributed by atoms with van der Waals surface area (Å²) in [6.45, 7) is 6.87. The van der Waals surface area contributed by atoms with Crippen molar-refractivity contribution in [2.24, 2.45) is 16.7 Å². The number of phenolic OH excluding ortho intramolecular Hbond substituents is 1. The number of methoxy groups -OCH3 is 1. The van der Waals surface area contributed by atoms with E-state index in [0.29, 0.717) is 0 Å². The SMILES string of the molecule is COC(=O)O[C@@]12CO[C@@H]1CC(O)[C@@]1(C)C(=O)[C@H](OC(C)=O)C3=C(C)[C@@H](O)C[C@@](O)([C@@H](OC(=O)c4cccc(O)c4)C12)C3(C)C. The van der Waals surface area contributed by atoms with Crippen molar-refractivity contribution >= 4 is 23.9 Å². The van der Waals surface area contributed by atoms with Crippen LogP contribution in [0.3, 0.4) is 0 Å². The van der Waals surface area contributed by atoms with E-state index in [1.165, 1.54) is 25.1 Å². The largest absolute Gasteiger partial charge is 0.508 e. The number of carbonyl (C=O) groups is 4. The summed E-state index contributed by atoms with van der Waals surface area (Å²) in [4.78, 5) is 53.8. The molecule has 1 aromatic carbocycles. The first-order valence-corrected chi connectivity index (χ1v) is 14.4. The number of ether oxygens (including phenoxy) is 5. The Bertz CT molecular complexity index is 1430. The molecule has 3 aliphatic carbocycles. The minimum Gasteiger partial charge on any atom is -0.508 e. The van der Waals surface area contributed by atoms with Gasteiger partial charge in [-0.1, -0.05) is 19.9 Å². The van der Waals surface area contributed by atoms with E-state index in [-0.39, 0.29) is 35.5 Å². The summed E-state index contributed by atoms with van der Waals surface area (Å²) >= 11 is 0. The van der Waals surface area contributed by atoms with Crippen molar-refractivity contribution in [1.29, 1.82) is 0 Å². The van der Waals surface area contributed by atoms with Gasteiger partial charge in [0.25, 0.3) is 0 Å². The second kappa shape index (κ2) is 10.5. The Hall–Kier alpha value is -3.52. The zero-order valence-corrected chi connectivity index (χ0v) is 25.4. The summed E-state index contributed by atoms with van der Waals surface area (Å²) in [6, 6.07) is 5.28. The lowest BCUT2D eigenvalue weighted by Gasteiger charge is -2.67. The number of hydrogen-bond donors (Lipinski definition) is 4. The highest BCUT2D eigenvalue weighted by Gasteiger charge is 2.78. The van der Waals surface area contributed by atoms with Crippen LogP contribution in [0.4, 0.5) is 4.79 Å². The minimum absolute atomic E-state index is 0.0942. The number of fused-ring (bicyclic) bond motifs is 5. The predicted octanol–water partition coefficient (Wildman–Crippen LogP) is 1.58. The summed E-state index contributed by atoms with van der Waals surface area (Å²) in [5.74, 6) is -4.39. The number of carbonyl (C=O) groups excluding carboxylic acids is 4. The molecular weight excluding hydrogens is 580 g/mol. The molecule has 0 aromatic heterocycles.